The van der Waals surface area contributed by atoms with Crippen molar-refractivity contribution < 1.29 is 0 Å². The molecule has 4 rings (SSSR count). The quantitative estimate of drug-likeness (QED) is 0.577. The number of hydrogen-bond donors (Lipinski definition) is 0. The Kier molecular flexibility index (Phi) is 2.74. The summed E-state index contributed by atoms with van der Waals surface area (Å²) in [7, 11) is 0. The fourth-order valence-corrected chi connectivity index (χ4v) is 2.47. The number of fused-ring (bicyclic) bond motifs is 1. The summed E-state index contributed by atoms with van der Waals surface area (Å²) < 4.78 is 3.70. The molecule has 0 N–H and O–H groups in total. The van der Waals surface area contributed by atoms with E-state index >= 15 is 0 Å². The summed E-state index contributed by atoms with van der Waals surface area (Å²) in [5, 5.41) is 9.82. The number of benzene rings is 1. The lowest BCUT2D eigenvalue weighted by Crippen LogP contribution is -2.21. The van der Waals surface area contributed by atoms with Gasteiger partial charge in [0, 0.05) is 30.2 Å². The van der Waals surface area contributed by atoms with Crippen LogP contribution >= 0.6 is 0 Å². The molecular formula is C16H13N5. The number of para-hydroxylation sites is 1. The normalized spacial score (nSPS) is 11.3. The van der Waals surface area contributed by atoms with Gasteiger partial charge in [-0.2, -0.15) is 10.2 Å². The van der Waals surface area contributed by atoms with E-state index in [1.165, 1.54) is 0 Å². The highest BCUT2D eigenvalue weighted by Gasteiger charge is 2.18. The summed E-state index contributed by atoms with van der Waals surface area (Å²) in [6.45, 7) is 0. The molecule has 102 valence electrons. The van der Waals surface area contributed by atoms with Gasteiger partial charge in [0.2, 0.25) is 0 Å². The minimum absolute atomic E-state index is 0.181. The SMILES string of the molecule is c1ccc2nc(C(n3cccn3)n3cccn3)ccc2c1. The Morgan fingerprint density at radius 3 is 2.14 bits per heavy atom. The third-order valence-corrected chi connectivity index (χ3v) is 3.44. The van der Waals surface area contributed by atoms with Gasteiger partial charge in [0.05, 0.1) is 11.2 Å². The van der Waals surface area contributed by atoms with Gasteiger partial charge >= 0.3 is 0 Å². The van der Waals surface area contributed by atoms with E-state index in [-0.39, 0.29) is 6.17 Å². The second kappa shape index (κ2) is 4.86. The van der Waals surface area contributed by atoms with Crippen molar-refractivity contribution in [2.45, 2.75) is 6.17 Å². The first-order chi connectivity index (χ1) is 10.4. The zero-order valence-electron chi connectivity index (χ0n) is 11.2. The smallest absolute Gasteiger partial charge is 0.185 e. The monoisotopic (exact) mass is 275 g/mol. The molecule has 0 radical (unpaired) electrons. The maximum Gasteiger partial charge on any atom is 0.185 e. The van der Waals surface area contributed by atoms with Crippen LogP contribution in [0.2, 0.25) is 0 Å². The summed E-state index contributed by atoms with van der Waals surface area (Å²) in [6.07, 6.45) is 7.18. The minimum Gasteiger partial charge on any atom is -0.248 e. The maximum absolute atomic E-state index is 4.77. The van der Waals surface area contributed by atoms with Crippen LogP contribution in [0, 0.1) is 0 Å². The van der Waals surface area contributed by atoms with Gasteiger partial charge in [0.15, 0.2) is 6.17 Å². The predicted octanol–water partition coefficient (Wildman–Crippen LogP) is 2.72. The van der Waals surface area contributed by atoms with Crippen molar-refractivity contribution in [2.75, 3.05) is 0 Å². The van der Waals surface area contributed by atoms with E-state index < -0.39 is 0 Å². The lowest BCUT2D eigenvalue weighted by atomic mass is 10.2. The lowest BCUT2D eigenvalue weighted by molar-refractivity contribution is 0.411. The summed E-state index contributed by atoms with van der Waals surface area (Å²) in [4.78, 5) is 4.77. The van der Waals surface area contributed by atoms with E-state index in [0.29, 0.717) is 0 Å². The summed E-state index contributed by atoms with van der Waals surface area (Å²) in [5.41, 5.74) is 1.88. The molecule has 0 aliphatic heterocycles. The number of nitrogens with zero attached hydrogens (tertiary/aromatic N) is 5. The lowest BCUT2D eigenvalue weighted by Gasteiger charge is -2.18. The highest BCUT2D eigenvalue weighted by atomic mass is 15.4. The van der Waals surface area contributed by atoms with E-state index in [4.69, 9.17) is 4.98 Å². The van der Waals surface area contributed by atoms with Gasteiger partial charge in [-0.3, -0.25) is 0 Å². The van der Waals surface area contributed by atoms with Crippen LogP contribution in [0.5, 0.6) is 0 Å². The van der Waals surface area contributed by atoms with Crippen molar-refractivity contribution in [1.29, 1.82) is 0 Å². The second-order valence-corrected chi connectivity index (χ2v) is 4.77. The molecule has 0 fully saturated rings. The van der Waals surface area contributed by atoms with Crippen LogP contribution < -0.4 is 0 Å². The molecule has 0 spiro atoms. The second-order valence-electron chi connectivity index (χ2n) is 4.77. The highest BCUT2D eigenvalue weighted by molar-refractivity contribution is 5.78. The van der Waals surface area contributed by atoms with Gasteiger partial charge in [0.25, 0.3) is 0 Å². The molecular weight excluding hydrogens is 262 g/mol. The van der Waals surface area contributed by atoms with Crippen molar-refractivity contribution in [3.8, 4) is 0 Å². The van der Waals surface area contributed by atoms with E-state index in [1.807, 2.05) is 58.2 Å². The van der Waals surface area contributed by atoms with Gasteiger partial charge < -0.3 is 0 Å². The summed E-state index contributed by atoms with van der Waals surface area (Å²) >= 11 is 0. The molecule has 0 saturated carbocycles. The first kappa shape index (κ1) is 11.8. The standard InChI is InChI=1S/C16H13N5/c1-2-6-14-13(5-1)7-8-15(19-14)16(20-11-3-9-17-20)21-12-4-10-18-21/h1-12,16H. The molecule has 0 aliphatic rings. The van der Waals surface area contributed by atoms with Gasteiger partial charge in [-0.25, -0.2) is 14.3 Å². The number of aromatic nitrogens is 5. The first-order valence-electron chi connectivity index (χ1n) is 6.76. The fraction of sp³-hybridized carbons (Fsp3) is 0.0625. The number of pyridine rings is 1. The summed E-state index contributed by atoms with van der Waals surface area (Å²) in [6, 6.07) is 16.0. The molecule has 3 heterocycles. The Hall–Kier alpha value is -2.95. The molecule has 0 amide bonds. The van der Waals surface area contributed by atoms with Crippen LogP contribution in [-0.4, -0.2) is 24.5 Å². The van der Waals surface area contributed by atoms with Crippen LogP contribution in [0.4, 0.5) is 0 Å². The third kappa shape index (κ3) is 2.08. The Morgan fingerprint density at radius 1 is 0.762 bits per heavy atom. The van der Waals surface area contributed by atoms with Gasteiger partial charge in [-0.15, -0.1) is 0 Å². The Bertz CT molecular complexity index is 815. The number of rotatable bonds is 3. The molecule has 5 nitrogen and oxygen atoms in total. The zero-order valence-corrected chi connectivity index (χ0v) is 11.2. The van der Waals surface area contributed by atoms with Crippen LogP contribution in [0.25, 0.3) is 10.9 Å². The van der Waals surface area contributed by atoms with Crippen LogP contribution in [0.1, 0.15) is 11.9 Å². The van der Waals surface area contributed by atoms with Crippen molar-refractivity contribution in [1.82, 2.24) is 24.5 Å². The Labute approximate surface area is 121 Å². The fourth-order valence-electron chi connectivity index (χ4n) is 2.47. The molecule has 4 aromatic rings. The molecule has 5 heteroatoms. The topological polar surface area (TPSA) is 48.5 Å². The van der Waals surface area contributed by atoms with Gasteiger partial charge in [-0.05, 0) is 24.3 Å². The van der Waals surface area contributed by atoms with E-state index in [2.05, 4.69) is 22.3 Å². The molecule has 0 saturated heterocycles. The van der Waals surface area contributed by atoms with Crippen LogP contribution in [-0.2, 0) is 0 Å². The largest absolute Gasteiger partial charge is 0.248 e. The molecule has 0 bridgehead atoms. The van der Waals surface area contributed by atoms with Gasteiger partial charge in [-0.1, -0.05) is 24.3 Å². The molecule has 0 unspecified atom stereocenters. The van der Waals surface area contributed by atoms with Crippen molar-refractivity contribution in [2.24, 2.45) is 0 Å². The van der Waals surface area contributed by atoms with Crippen molar-refractivity contribution >= 4 is 10.9 Å². The minimum atomic E-state index is -0.181. The predicted molar refractivity (Wildman–Crippen MR) is 79.7 cm³/mol. The molecule has 21 heavy (non-hydrogen) atoms. The first-order valence-corrected chi connectivity index (χ1v) is 6.76. The Balaban J connectivity index is 1.89. The van der Waals surface area contributed by atoms with Crippen molar-refractivity contribution in [3.63, 3.8) is 0 Å². The third-order valence-electron chi connectivity index (χ3n) is 3.44. The average Bonchev–Trinajstić information content (AvgIpc) is 3.21. The molecule has 0 atom stereocenters. The van der Waals surface area contributed by atoms with E-state index in [1.54, 1.807) is 12.4 Å². The van der Waals surface area contributed by atoms with Crippen LogP contribution in [0.3, 0.4) is 0 Å². The molecule has 1 aromatic carbocycles. The van der Waals surface area contributed by atoms with E-state index in [0.717, 1.165) is 16.6 Å². The average molecular weight is 275 g/mol. The van der Waals surface area contributed by atoms with Crippen LogP contribution in [0.15, 0.2) is 73.3 Å². The molecule has 3 aromatic heterocycles. The number of hydrogen-bond acceptors (Lipinski definition) is 3. The maximum atomic E-state index is 4.77. The van der Waals surface area contributed by atoms with E-state index in [9.17, 15) is 0 Å². The van der Waals surface area contributed by atoms with Gasteiger partial charge in [0.1, 0.15) is 0 Å². The highest BCUT2D eigenvalue weighted by Crippen LogP contribution is 2.20. The molecule has 0 aliphatic carbocycles. The Morgan fingerprint density at radius 2 is 1.48 bits per heavy atom. The van der Waals surface area contributed by atoms with Crippen molar-refractivity contribution in [3.05, 3.63) is 79.0 Å². The summed E-state index contributed by atoms with van der Waals surface area (Å²) in [5.74, 6) is 0. The zero-order chi connectivity index (χ0) is 14.1.